The predicted octanol–water partition coefficient (Wildman–Crippen LogP) is 0.556. The highest BCUT2D eigenvalue weighted by Crippen LogP contribution is 2.17. The summed E-state index contributed by atoms with van der Waals surface area (Å²) in [4.78, 5) is 24.1. The zero-order valence-electron chi connectivity index (χ0n) is 11.0. The van der Waals surface area contributed by atoms with Crippen molar-refractivity contribution < 1.29 is 19.8 Å². The molecular weight excluding hydrogens is 260 g/mol. The van der Waals surface area contributed by atoms with E-state index in [4.69, 9.17) is 0 Å². The first-order valence-electron chi connectivity index (χ1n) is 6.58. The van der Waals surface area contributed by atoms with Crippen molar-refractivity contribution in [3.8, 4) is 5.75 Å². The number of carboxylic acids is 1. The van der Waals surface area contributed by atoms with E-state index < -0.39 is 12.0 Å². The fraction of sp³-hybridized carbons (Fsp3) is 0.429. The number of carbonyl (C=O) groups is 2. The summed E-state index contributed by atoms with van der Waals surface area (Å²) < 4.78 is 0. The molecule has 1 aliphatic heterocycles. The van der Waals surface area contributed by atoms with Gasteiger partial charge in [-0.25, -0.2) is 4.79 Å². The molecule has 1 amide bonds. The average molecular weight is 278 g/mol. The molecule has 6 nitrogen and oxygen atoms in total. The Hall–Kier alpha value is -2.08. The van der Waals surface area contributed by atoms with Crippen LogP contribution in [0.4, 0.5) is 0 Å². The molecule has 1 heterocycles. The number of nitrogens with one attached hydrogen (secondary N) is 1. The minimum Gasteiger partial charge on any atom is -0.508 e. The Morgan fingerprint density at radius 1 is 1.45 bits per heavy atom. The van der Waals surface area contributed by atoms with Gasteiger partial charge in [-0.2, -0.15) is 0 Å². The topological polar surface area (TPSA) is 89.9 Å². The van der Waals surface area contributed by atoms with Gasteiger partial charge in [-0.05, 0) is 37.1 Å². The van der Waals surface area contributed by atoms with E-state index in [1.54, 1.807) is 12.1 Å². The van der Waals surface area contributed by atoms with Crippen LogP contribution >= 0.6 is 0 Å². The number of amides is 1. The van der Waals surface area contributed by atoms with E-state index in [9.17, 15) is 19.8 Å². The van der Waals surface area contributed by atoms with Crippen LogP contribution in [0.5, 0.6) is 5.75 Å². The molecule has 0 aromatic heterocycles. The maximum absolute atomic E-state index is 11.5. The quantitative estimate of drug-likeness (QED) is 0.661. The monoisotopic (exact) mass is 278 g/mol. The Morgan fingerprint density at radius 3 is 2.65 bits per heavy atom. The summed E-state index contributed by atoms with van der Waals surface area (Å²) in [7, 11) is 0. The molecule has 1 aromatic carbocycles. The number of phenolic OH excluding ortho intramolecular Hbond substituents is 1. The summed E-state index contributed by atoms with van der Waals surface area (Å²) in [6, 6.07) is 5.43. The van der Waals surface area contributed by atoms with Gasteiger partial charge < -0.3 is 15.1 Å². The van der Waals surface area contributed by atoms with Crippen LogP contribution in [0.25, 0.3) is 0 Å². The molecule has 2 atom stereocenters. The Bertz CT molecular complexity index is 469. The van der Waals surface area contributed by atoms with Crippen molar-refractivity contribution in [2.45, 2.75) is 31.5 Å². The number of carboxylic acid groups (broad SMARTS) is 1. The van der Waals surface area contributed by atoms with Gasteiger partial charge in [0, 0.05) is 6.42 Å². The zero-order chi connectivity index (χ0) is 14.5. The summed E-state index contributed by atoms with van der Waals surface area (Å²) in [5.41, 5.74) is 0.764. The van der Waals surface area contributed by atoms with Crippen LogP contribution < -0.4 is 5.32 Å². The van der Waals surface area contributed by atoms with Crippen molar-refractivity contribution in [3.05, 3.63) is 29.8 Å². The van der Waals surface area contributed by atoms with Crippen molar-refractivity contribution >= 4 is 12.4 Å². The van der Waals surface area contributed by atoms with Gasteiger partial charge in [-0.3, -0.25) is 10.1 Å². The van der Waals surface area contributed by atoms with Gasteiger partial charge in [0.05, 0.1) is 6.17 Å². The molecule has 0 radical (unpaired) electrons. The van der Waals surface area contributed by atoms with Crippen LogP contribution in [0.1, 0.15) is 18.4 Å². The van der Waals surface area contributed by atoms with Crippen LogP contribution in [-0.4, -0.2) is 46.2 Å². The lowest BCUT2D eigenvalue weighted by atomic mass is 10.0. The minimum absolute atomic E-state index is 0.130. The van der Waals surface area contributed by atoms with Gasteiger partial charge in [0.2, 0.25) is 6.41 Å². The third kappa shape index (κ3) is 3.27. The second kappa shape index (κ2) is 6.38. The smallest absolute Gasteiger partial charge is 0.326 e. The first-order valence-corrected chi connectivity index (χ1v) is 6.58. The summed E-state index contributed by atoms with van der Waals surface area (Å²) >= 11 is 0. The number of carbonyl (C=O) groups excluding carboxylic acids is 1. The molecule has 1 aromatic rings. The second-order valence-electron chi connectivity index (χ2n) is 4.89. The Balaban J connectivity index is 2.14. The molecule has 1 saturated heterocycles. The Morgan fingerprint density at radius 2 is 2.15 bits per heavy atom. The highest BCUT2D eigenvalue weighted by molar-refractivity contribution is 5.76. The number of hydrogen-bond donors (Lipinski definition) is 3. The van der Waals surface area contributed by atoms with Crippen molar-refractivity contribution in [1.82, 2.24) is 10.2 Å². The predicted molar refractivity (Wildman–Crippen MR) is 72.2 cm³/mol. The van der Waals surface area contributed by atoms with Gasteiger partial charge in [0.1, 0.15) is 11.8 Å². The van der Waals surface area contributed by atoms with Gasteiger partial charge in [0.25, 0.3) is 0 Å². The van der Waals surface area contributed by atoms with E-state index in [2.05, 4.69) is 5.32 Å². The maximum atomic E-state index is 11.5. The van der Waals surface area contributed by atoms with Gasteiger partial charge in [-0.15, -0.1) is 0 Å². The minimum atomic E-state index is -1.03. The fourth-order valence-electron chi connectivity index (χ4n) is 2.46. The third-order valence-electron chi connectivity index (χ3n) is 3.53. The number of rotatable bonds is 6. The molecule has 0 spiro atoms. The molecule has 1 aliphatic rings. The fourth-order valence-corrected chi connectivity index (χ4v) is 2.46. The van der Waals surface area contributed by atoms with Crippen molar-refractivity contribution in [3.63, 3.8) is 0 Å². The van der Waals surface area contributed by atoms with Crippen LogP contribution in [0.15, 0.2) is 24.3 Å². The molecule has 6 heteroatoms. The van der Waals surface area contributed by atoms with Crippen LogP contribution in [0.2, 0.25) is 0 Å². The molecule has 0 saturated carbocycles. The number of phenols is 1. The largest absolute Gasteiger partial charge is 0.508 e. The van der Waals surface area contributed by atoms with Crippen molar-refractivity contribution in [2.75, 3.05) is 6.54 Å². The molecule has 0 bridgehead atoms. The first-order chi connectivity index (χ1) is 9.61. The molecule has 0 aliphatic carbocycles. The standard InChI is InChI=1S/C14H18N2O4/c17-9-16(13-2-1-7-15-13)12(14(19)20)8-10-3-5-11(18)6-4-10/h3-6,9,12-13,15,18H,1-2,7-8H2,(H,19,20)/t12-,13-/m0/s1. The summed E-state index contributed by atoms with van der Waals surface area (Å²) in [6.07, 6.45) is 2.29. The molecular formula is C14H18N2O4. The Labute approximate surface area is 117 Å². The summed E-state index contributed by atoms with van der Waals surface area (Å²) in [5.74, 6) is -0.899. The molecule has 2 rings (SSSR count). The highest BCUT2D eigenvalue weighted by atomic mass is 16.4. The van der Waals surface area contributed by atoms with E-state index in [1.807, 2.05) is 0 Å². The average Bonchev–Trinajstić information content (AvgIpc) is 2.94. The van der Waals surface area contributed by atoms with E-state index in [0.29, 0.717) is 6.41 Å². The van der Waals surface area contributed by atoms with Gasteiger partial charge in [0.15, 0.2) is 0 Å². The van der Waals surface area contributed by atoms with Crippen molar-refractivity contribution in [2.24, 2.45) is 0 Å². The second-order valence-corrected chi connectivity index (χ2v) is 4.89. The van der Waals surface area contributed by atoms with E-state index in [1.165, 1.54) is 17.0 Å². The lowest BCUT2D eigenvalue weighted by molar-refractivity contribution is -0.148. The third-order valence-corrected chi connectivity index (χ3v) is 3.53. The Kier molecular flexibility index (Phi) is 4.57. The number of aliphatic carboxylic acids is 1. The normalized spacial score (nSPS) is 19.5. The number of hydrogen-bond acceptors (Lipinski definition) is 4. The van der Waals surface area contributed by atoms with E-state index in [-0.39, 0.29) is 18.3 Å². The van der Waals surface area contributed by atoms with Crippen LogP contribution in [-0.2, 0) is 16.0 Å². The zero-order valence-corrected chi connectivity index (χ0v) is 11.0. The number of aromatic hydroxyl groups is 1. The maximum Gasteiger partial charge on any atom is 0.326 e. The summed E-state index contributed by atoms with van der Waals surface area (Å²) in [6.45, 7) is 0.792. The van der Waals surface area contributed by atoms with Crippen molar-refractivity contribution in [1.29, 1.82) is 0 Å². The number of nitrogens with zero attached hydrogens (tertiary/aromatic N) is 1. The molecule has 1 fully saturated rings. The van der Waals surface area contributed by atoms with Gasteiger partial charge in [-0.1, -0.05) is 12.1 Å². The molecule has 20 heavy (non-hydrogen) atoms. The molecule has 3 N–H and O–H groups in total. The first kappa shape index (κ1) is 14.3. The van der Waals surface area contributed by atoms with Gasteiger partial charge >= 0.3 is 5.97 Å². The van der Waals surface area contributed by atoms with Crippen LogP contribution in [0.3, 0.4) is 0 Å². The van der Waals surface area contributed by atoms with E-state index >= 15 is 0 Å². The number of benzene rings is 1. The van der Waals surface area contributed by atoms with E-state index in [0.717, 1.165) is 24.9 Å². The lowest BCUT2D eigenvalue weighted by Gasteiger charge is -2.30. The SMILES string of the molecule is O=CN([C@H]1CCCN1)[C@@H](Cc1ccc(O)cc1)C(=O)O. The molecule has 0 unspecified atom stereocenters. The lowest BCUT2D eigenvalue weighted by Crippen LogP contribution is -2.51. The van der Waals surface area contributed by atoms with Crippen LogP contribution in [0, 0.1) is 0 Å². The molecule has 108 valence electrons. The summed E-state index contributed by atoms with van der Waals surface area (Å²) in [5, 5.41) is 21.7. The highest BCUT2D eigenvalue weighted by Gasteiger charge is 2.31.